The van der Waals surface area contributed by atoms with Crippen LogP contribution in [-0.2, 0) is 4.79 Å². The van der Waals surface area contributed by atoms with Crippen LogP contribution < -0.4 is 0 Å². The van der Waals surface area contributed by atoms with Gasteiger partial charge in [0.15, 0.2) is 5.78 Å². The Morgan fingerprint density at radius 1 is 1.21 bits per heavy atom. The quantitative estimate of drug-likeness (QED) is 0.462. The molecule has 14 heavy (non-hydrogen) atoms. The largest absolute Gasteiger partial charge is 0.294 e. The summed E-state index contributed by atoms with van der Waals surface area (Å²) in [6.45, 7) is 15.0. The van der Waals surface area contributed by atoms with Gasteiger partial charge in [0.2, 0.25) is 0 Å². The molecule has 0 bridgehead atoms. The highest BCUT2D eigenvalue weighted by Crippen LogP contribution is 2.17. The molecule has 0 atom stereocenters. The Kier molecular flexibility index (Phi) is 5.54. The number of hydrogen-bond donors (Lipinski definition) is 0. The van der Waals surface area contributed by atoms with Crippen molar-refractivity contribution in [3.05, 3.63) is 48.6 Å². The lowest BCUT2D eigenvalue weighted by molar-refractivity contribution is -0.115. The molecule has 0 rings (SSSR count). The third-order valence-corrected chi connectivity index (χ3v) is 1.94. The summed E-state index contributed by atoms with van der Waals surface area (Å²) in [6.07, 6.45) is 4.64. The van der Waals surface area contributed by atoms with Crippen LogP contribution in [0.2, 0.25) is 0 Å². The average molecular weight is 190 g/mol. The second-order valence-corrected chi connectivity index (χ2v) is 3.19. The second-order valence-electron chi connectivity index (χ2n) is 3.19. The van der Waals surface area contributed by atoms with Crippen LogP contribution >= 0.6 is 0 Å². The molecule has 0 aliphatic carbocycles. The van der Waals surface area contributed by atoms with Crippen LogP contribution in [0.3, 0.4) is 0 Å². The van der Waals surface area contributed by atoms with Gasteiger partial charge in [0.25, 0.3) is 0 Å². The highest BCUT2D eigenvalue weighted by molar-refractivity contribution is 5.99. The van der Waals surface area contributed by atoms with E-state index in [1.165, 1.54) is 0 Å². The number of Topliss-reactive ketones (excluding diaryl/α,β-unsaturated/α-hetero) is 1. The second kappa shape index (κ2) is 6.14. The number of ketones is 1. The molecular weight excluding hydrogens is 172 g/mol. The molecule has 1 nitrogen and oxygen atoms in total. The van der Waals surface area contributed by atoms with Crippen LogP contribution in [0.1, 0.15) is 26.7 Å². The fourth-order valence-corrected chi connectivity index (χ4v) is 1.25. The van der Waals surface area contributed by atoms with Crippen molar-refractivity contribution >= 4 is 5.78 Å². The van der Waals surface area contributed by atoms with E-state index in [2.05, 4.69) is 19.7 Å². The summed E-state index contributed by atoms with van der Waals surface area (Å²) in [5.41, 5.74) is 2.28. The maximum atomic E-state index is 11.7. The van der Waals surface area contributed by atoms with Gasteiger partial charge in [-0.3, -0.25) is 4.79 Å². The van der Waals surface area contributed by atoms with E-state index < -0.39 is 0 Å². The first-order valence-corrected chi connectivity index (χ1v) is 4.76. The summed E-state index contributed by atoms with van der Waals surface area (Å²) in [7, 11) is 0. The van der Waals surface area contributed by atoms with Gasteiger partial charge in [0.05, 0.1) is 0 Å². The lowest BCUT2D eigenvalue weighted by Gasteiger charge is -2.07. The first kappa shape index (κ1) is 12.6. The smallest absolute Gasteiger partial charge is 0.163 e. The summed E-state index contributed by atoms with van der Waals surface area (Å²) in [5.74, 6) is 0.111. The first-order valence-electron chi connectivity index (χ1n) is 4.76. The number of rotatable bonds is 6. The van der Waals surface area contributed by atoms with Crippen LogP contribution in [-0.4, -0.2) is 5.78 Å². The molecule has 0 spiro atoms. The van der Waals surface area contributed by atoms with Crippen molar-refractivity contribution in [3.63, 3.8) is 0 Å². The van der Waals surface area contributed by atoms with E-state index in [-0.39, 0.29) is 5.78 Å². The molecule has 0 unspecified atom stereocenters. The highest BCUT2D eigenvalue weighted by Gasteiger charge is 2.09. The minimum atomic E-state index is 0.111. The van der Waals surface area contributed by atoms with Crippen LogP contribution in [0, 0.1) is 0 Å². The van der Waals surface area contributed by atoms with Crippen molar-refractivity contribution in [3.8, 4) is 0 Å². The maximum Gasteiger partial charge on any atom is 0.163 e. The molecule has 0 aliphatic heterocycles. The molecule has 0 heterocycles. The van der Waals surface area contributed by atoms with E-state index in [1.54, 1.807) is 12.2 Å². The number of carbonyl (C=O) groups excluding carboxylic acids is 1. The van der Waals surface area contributed by atoms with Crippen LogP contribution in [0.5, 0.6) is 0 Å². The van der Waals surface area contributed by atoms with Crippen LogP contribution in [0.25, 0.3) is 0 Å². The molecule has 0 aromatic heterocycles. The molecule has 1 heteroatoms. The van der Waals surface area contributed by atoms with E-state index in [0.29, 0.717) is 12.0 Å². The summed E-state index contributed by atoms with van der Waals surface area (Å²) in [4.78, 5) is 11.7. The lowest BCUT2D eigenvalue weighted by atomic mass is 9.97. The molecular formula is C13H18O. The third kappa shape index (κ3) is 3.17. The maximum absolute atomic E-state index is 11.7. The molecule has 0 fully saturated rings. The molecule has 0 saturated carbocycles. The van der Waals surface area contributed by atoms with Gasteiger partial charge in [-0.15, -0.1) is 0 Å². The molecule has 0 N–H and O–H groups in total. The fraction of sp³-hybridized carbons (Fsp3) is 0.308. The highest BCUT2D eigenvalue weighted by atomic mass is 16.1. The minimum absolute atomic E-state index is 0.111. The average Bonchev–Trinajstić information content (AvgIpc) is 2.13. The number of hydrogen-bond acceptors (Lipinski definition) is 1. The monoisotopic (exact) mass is 190 g/mol. The van der Waals surface area contributed by atoms with Gasteiger partial charge in [-0.1, -0.05) is 44.4 Å². The van der Waals surface area contributed by atoms with Crippen molar-refractivity contribution in [2.75, 3.05) is 0 Å². The zero-order valence-electron chi connectivity index (χ0n) is 9.10. The van der Waals surface area contributed by atoms with Gasteiger partial charge in [0, 0.05) is 12.0 Å². The summed E-state index contributed by atoms with van der Waals surface area (Å²) in [6, 6.07) is 0. The first-order chi connectivity index (χ1) is 6.58. The zero-order chi connectivity index (χ0) is 11.1. The summed E-state index contributed by atoms with van der Waals surface area (Å²) >= 11 is 0. The van der Waals surface area contributed by atoms with E-state index in [4.69, 9.17) is 0 Å². The van der Waals surface area contributed by atoms with Gasteiger partial charge < -0.3 is 0 Å². The van der Waals surface area contributed by atoms with Crippen molar-refractivity contribution in [2.24, 2.45) is 0 Å². The van der Waals surface area contributed by atoms with Gasteiger partial charge >= 0.3 is 0 Å². The third-order valence-electron chi connectivity index (χ3n) is 1.94. The van der Waals surface area contributed by atoms with Gasteiger partial charge in [-0.2, -0.15) is 0 Å². The molecule has 0 amide bonds. The van der Waals surface area contributed by atoms with Gasteiger partial charge in [-0.05, 0) is 18.9 Å². The zero-order valence-corrected chi connectivity index (χ0v) is 9.10. The van der Waals surface area contributed by atoms with E-state index in [1.807, 2.05) is 13.8 Å². The van der Waals surface area contributed by atoms with Crippen molar-refractivity contribution in [1.82, 2.24) is 0 Å². The molecule has 0 saturated heterocycles. The number of carbonyl (C=O) groups is 1. The SMILES string of the molecule is C=C/C(C(=C)C)=C(\C=C)C(=O)CCC. The van der Waals surface area contributed by atoms with Crippen molar-refractivity contribution < 1.29 is 4.79 Å². The lowest BCUT2D eigenvalue weighted by Crippen LogP contribution is -2.03. The predicted octanol–water partition coefficient (Wildman–Crippen LogP) is 3.60. The van der Waals surface area contributed by atoms with Crippen LogP contribution in [0.15, 0.2) is 48.6 Å². The Morgan fingerprint density at radius 3 is 2.00 bits per heavy atom. The molecule has 0 radical (unpaired) electrons. The van der Waals surface area contributed by atoms with E-state index in [9.17, 15) is 4.79 Å². The Hall–Kier alpha value is -1.37. The van der Waals surface area contributed by atoms with Gasteiger partial charge in [0.1, 0.15) is 0 Å². The molecule has 0 aromatic rings. The van der Waals surface area contributed by atoms with E-state index in [0.717, 1.165) is 17.6 Å². The summed E-state index contributed by atoms with van der Waals surface area (Å²) in [5, 5.41) is 0. The Balaban J connectivity index is 5.18. The fourth-order valence-electron chi connectivity index (χ4n) is 1.25. The Labute approximate surface area is 86.5 Å². The van der Waals surface area contributed by atoms with Crippen LogP contribution in [0.4, 0.5) is 0 Å². The minimum Gasteiger partial charge on any atom is -0.294 e. The standard InChI is InChI=1S/C13H18O/c1-6-9-13(14)12(8-3)11(7-2)10(4)5/h7-8H,2-4,6,9H2,1,5H3/b12-11-. The van der Waals surface area contributed by atoms with Crippen molar-refractivity contribution in [2.45, 2.75) is 26.7 Å². The Bertz CT molecular complexity index is 292. The number of allylic oxidation sites excluding steroid dienone is 5. The molecule has 0 aliphatic rings. The normalized spacial score (nSPS) is 11.6. The topological polar surface area (TPSA) is 17.1 Å². The molecule has 0 aromatic carbocycles. The molecule has 76 valence electrons. The van der Waals surface area contributed by atoms with Gasteiger partial charge in [-0.25, -0.2) is 0 Å². The Morgan fingerprint density at radius 2 is 1.71 bits per heavy atom. The van der Waals surface area contributed by atoms with E-state index >= 15 is 0 Å². The summed E-state index contributed by atoms with van der Waals surface area (Å²) < 4.78 is 0. The predicted molar refractivity (Wildman–Crippen MR) is 62.1 cm³/mol. The van der Waals surface area contributed by atoms with Crippen molar-refractivity contribution in [1.29, 1.82) is 0 Å².